The van der Waals surface area contributed by atoms with Crippen LogP contribution in [-0.2, 0) is 9.59 Å². The Morgan fingerprint density at radius 3 is 2.50 bits per heavy atom. The van der Waals surface area contributed by atoms with Gasteiger partial charge < -0.3 is 16.0 Å². The second-order valence-electron chi connectivity index (χ2n) is 5.94. The van der Waals surface area contributed by atoms with Crippen LogP contribution in [0.25, 0.3) is 11.3 Å². The molecule has 6 nitrogen and oxygen atoms in total. The SMILES string of the molecule is CC(=O)Nc1ccc(-c2csc(NCC(C)C)n2)c(NC(C)=O)c1. The molecule has 128 valence electrons. The molecular weight excluding hydrogens is 324 g/mol. The van der Waals surface area contributed by atoms with Crippen LogP contribution >= 0.6 is 11.3 Å². The minimum absolute atomic E-state index is 0.162. The predicted molar refractivity (Wildman–Crippen MR) is 99.5 cm³/mol. The summed E-state index contributed by atoms with van der Waals surface area (Å²) in [5, 5.41) is 11.6. The van der Waals surface area contributed by atoms with E-state index >= 15 is 0 Å². The number of aromatic nitrogens is 1. The van der Waals surface area contributed by atoms with Crippen molar-refractivity contribution >= 4 is 39.7 Å². The van der Waals surface area contributed by atoms with Crippen molar-refractivity contribution in [3.05, 3.63) is 23.6 Å². The lowest BCUT2D eigenvalue weighted by Crippen LogP contribution is -2.10. The summed E-state index contributed by atoms with van der Waals surface area (Å²) in [5.74, 6) is 0.194. The molecule has 2 amide bonds. The second kappa shape index (κ2) is 7.92. The van der Waals surface area contributed by atoms with Gasteiger partial charge in [-0.25, -0.2) is 4.98 Å². The average molecular weight is 346 g/mol. The summed E-state index contributed by atoms with van der Waals surface area (Å²) < 4.78 is 0. The lowest BCUT2D eigenvalue weighted by molar-refractivity contribution is -0.115. The first-order valence-electron chi connectivity index (χ1n) is 7.74. The molecule has 0 fully saturated rings. The van der Waals surface area contributed by atoms with Gasteiger partial charge in [-0.1, -0.05) is 13.8 Å². The average Bonchev–Trinajstić information content (AvgIpc) is 2.92. The van der Waals surface area contributed by atoms with Crippen LogP contribution in [0.15, 0.2) is 23.6 Å². The smallest absolute Gasteiger partial charge is 0.221 e. The van der Waals surface area contributed by atoms with Gasteiger partial charge in [-0.15, -0.1) is 11.3 Å². The fourth-order valence-corrected chi connectivity index (χ4v) is 2.83. The fraction of sp³-hybridized carbons (Fsp3) is 0.353. The number of nitrogens with zero attached hydrogens (tertiary/aromatic N) is 1. The molecule has 1 aromatic heterocycles. The van der Waals surface area contributed by atoms with E-state index in [0.717, 1.165) is 22.9 Å². The van der Waals surface area contributed by atoms with Gasteiger partial charge in [-0.3, -0.25) is 9.59 Å². The zero-order valence-electron chi connectivity index (χ0n) is 14.3. The molecule has 1 aromatic carbocycles. The first kappa shape index (κ1) is 17.9. The van der Waals surface area contributed by atoms with Crippen molar-refractivity contribution in [2.75, 3.05) is 22.5 Å². The summed E-state index contributed by atoms with van der Waals surface area (Å²) in [6.07, 6.45) is 0. The van der Waals surface area contributed by atoms with Crippen LogP contribution in [0, 0.1) is 5.92 Å². The molecule has 0 saturated carbocycles. The molecule has 0 bridgehead atoms. The summed E-state index contributed by atoms with van der Waals surface area (Å²) in [5.41, 5.74) is 2.84. The van der Waals surface area contributed by atoms with Gasteiger partial charge in [0, 0.05) is 37.0 Å². The number of hydrogen-bond donors (Lipinski definition) is 3. The molecular formula is C17H22N4O2S. The van der Waals surface area contributed by atoms with E-state index in [2.05, 4.69) is 34.8 Å². The Morgan fingerprint density at radius 1 is 1.17 bits per heavy atom. The maximum Gasteiger partial charge on any atom is 0.221 e. The van der Waals surface area contributed by atoms with Crippen LogP contribution in [0.3, 0.4) is 0 Å². The van der Waals surface area contributed by atoms with E-state index in [4.69, 9.17) is 0 Å². The predicted octanol–water partition coefficient (Wildman–Crippen LogP) is 3.79. The van der Waals surface area contributed by atoms with Gasteiger partial charge in [0.25, 0.3) is 0 Å². The van der Waals surface area contributed by atoms with Crippen LogP contribution in [0.5, 0.6) is 0 Å². The number of carbonyl (C=O) groups excluding carboxylic acids is 2. The first-order chi connectivity index (χ1) is 11.3. The van der Waals surface area contributed by atoms with E-state index in [0.29, 0.717) is 17.3 Å². The number of thiazole rings is 1. The summed E-state index contributed by atoms with van der Waals surface area (Å²) in [6.45, 7) is 8.02. The lowest BCUT2D eigenvalue weighted by Gasteiger charge is -2.11. The fourth-order valence-electron chi connectivity index (χ4n) is 2.11. The van der Waals surface area contributed by atoms with Gasteiger partial charge >= 0.3 is 0 Å². The van der Waals surface area contributed by atoms with Crippen LogP contribution in [0.1, 0.15) is 27.7 Å². The van der Waals surface area contributed by atoms with Crippen LogP contribution in [0.4, 0.5) is 16.5 Å². The van der Waals surface area contributed by atoms with Gasteiger partial charge in [0.1, 0.15) is 0 Å². The summed E-state index contributed by atoms with van der Waals surface area (Å²) in [6, 6.07) is 5.37. The third kappa shape index (κ3) is 5.06. The van der Waals surface area contributed by atoms with Gasteiger partial charge in [0.05, 0.1) is 11.4 Å². The van der Waals surface area contributed by atoms with E-state index in [9.17, 15) is 9.59 Å². The van der Waals surface area contributed by atoms with E-state index in [-0.39, 0.29) is 11.8 Å². The normalized spacial score (nSPS) is 10.5. The number of amides is 2. The summed E-state index contributed by atoms with van der Waals surface area (Å²) >= 11 is 1.52. The third-order valence-electron chi connectivity index (χ3n) is 3.09. The Bertz CT molecular complexity index is 740. The van der Waals surface area contributed by atoms with E-state index < -0.39 is 0 Å². The molecule has 2 rings (SSSR count). The number of hydrogen-bond acceptors (Lipinski definition) is 5. The molecule has 0 spiro atoms. The Hall–Kier alpha value is -2.41. The molecule has 0 unspecified atom stereocenters. The molecule has 0 saturated heterocycles. The van der Waals surface area contributed by atoms with Crippen molar-refractivity contribution in [1.29, 1.82) is 0 Å². The van der Waals surface area contributed by atoms with E-state index in [1.54, 1.807) is 12.1 Å². The molecule has 3 N–H and O–H groups in total. The largest absolute Gasteiger partial charge is 0.361 e. The Labute approximate surface area is 145 Å². The number of carbonyl (C=O) groups is 2. The molecule has 0 atom stereocenters. The Kier molecular flexibility index (Phi) is 5.92. The van der Waals surface area contributed by atoms with E-state index in [1.807, 2.05) is 11.4 Å². The Morgan fingerprint density at radius 2 is 1.88 bits per heavy atom. The minimum Gasteiger partial charge on any atom is -0.361 e. The summed E-state index contributed by atoms with van der Waals surface area (Å²) in [7, 11) is 0. The van der Waals surface area contributed by atoms with Crippen molar-refractivity contribution in [3.8, 4) is 11.3 Å². The van der Waals surface area contributed by atoms with Crippen molar-refractivity contribution in [1.82, 2.24) is 4.98 Å². The van der Waals surface area contributed by atoms with Gasteiger partial charge in [0.15, 0.2) is 5.13 Å². The third-order valence-corrected chi connectivity index (χ3v) is 3.89. The topological polar surface area (TPSA) is 83.1 Å². The van der Waals surface area contributed by atoms with Crippen LogP contribution < -0.4 is 16.0 Å². The molecule has 0 radical (unpaired) electrons. The maximum absolute atomic E-state index is 11.5. The second-order valence-corrected chi connectivity index (χ2v) is 6.79. The molecule has 0 aliphatic rings. The van der Waals surface area contributed by atoms with E-state index in [1.165, 1.54) is 25.2 Å². The minimum atomic E-state index is -0.176. The van der Waals surface area contributed by atoms with Crippen molar-refractivity contribution < 1.29 is 9.59 Å². The van der Waals surface area contributed by atoms with Crippen LogP contribution in [0.2, 0.25) is 0 Å². The molecule has 2 aromatic rings. The maximum atomic E-state index is 11.5. The Balaban J connectivity index is 2.30. The van der Waals surface area contributed by atoms with Crippen LogP contribution in [-0.4, -0.2) is 23.3 Å². The zero-order valence-corrected chi connectivity index (χ0v) is 15.1. The number of nitrogens with one attached hydrogen (secondary N) is 3. The highest BCUT2D eigenvalue weighted by Gasteiger charge is 2.12. The van der Waals surface area contributed by atoms with Gasteiger partial charge in [-0.2, -0.15) is 0 Å². The monoisotopic (exact) mass is 346 g/mol. The highest BCUT2D eigenvalue weighted by atomic mass is 32.1. The lowest BCUT2D eigenvalue weighted by atomic mass is 10.1. The van der Waals surface area contributed by atoms with Gasteiger partial charge in [-0.05, 0) is 24.1 Å². The standard InChI is InChI=1S/C17H22N4O2S/c1-10(2)8-18-17-21-16(9-24-17)14-6-5-13(19-11(3)22)7-15(14)20-12(4)23/h5-7,9-10H,8H2,1-4H3,(H,18,21)(H,19,22)(H,20,23). The molecule has 0 aliphatic heterocycles. The van der Waals surface area contributed by atoms with Crippen molar-refractivity contribution in [2.45, 2.75) is 27.7 Å². The highest BCUT2D eigenvalue weighted by molar-refractivity contribution is 7.14. The van der Waals surface area contributed by atoms with Gasteiger partial charge in [0.2, 0.25) is 11.8 Å². The molecule has 0 aliphatic carbocycles. The quantitative estimate of drug-likeness (QED) is 0.743. The molecule has 24 heavy (non-hydrogen) atoms. The van der Waals surface area contributed by atoms with Crippen molar-refractivity contribution in [2.24, 2.45) is 5.92 Å². The molecule has 1 heterocycles. The zero-order chi connectivity index (χ0) is 17.7. The number of anilines is 3. The summed E-state index contributed by atoms with van der Waals surface area (Å²) in [4.78, 5) is 27.3. The number of rotatable bonds is 6. The first-order valence-corrected chi connectivity index (χ1v) is 8.62. The highest BCUT2D eigenvalue weighted by Crippen LogP contribution is 2.33. The molecule has 7 heteroatoms. The van der Waals surface area contributed by atoms with Crippen molar-refractivity contribution in [3.63, 3.8) is 0 Å². The number of benzene rings is 1.